The number of carbonyl (C=O) groups excluding carboxylic acids is 2. The summed E-state index contributed by atoms with van der Waals surface area (Å²) in [6, 6.07) is 2.79. The monoisotopic (exact) mass is 495 g/mol. The van der Waals surface area contributed by atoms with Crippen LogP contribution in [0.1, 0.15) is 57.1 Å². The average Bonchev–Trinajstić information content (AvgIpc) is 3.20. The number of amides is 2. The predicted molar refractivity (Wildman–Crippen MR) is 122 cm³/mol. The van der Waals surface area contributed by atoms with E-state index in [1.54, 1.807) is 30.6 Å². The molecule has 0 aliphatic carbocycles. The standard InChI is InChI=1S/C25H29F4N3O3/c1-24(2,3)35-23(34)32-11-8-19-16(14-32)13-30-21(19)22(33)31-9-6-15(7-10-31)18-5-4-17(26)12-20(18)25(27,28)29/h4-5,12,15H,6-11,13-14H2,1-3H3. The summed E-state index contributed by atoms with van der Waals surface area (Å²) in [7, 11) is 0. The minimum absolute atomic E-state index is 0.0729. The Hall–Kier alpha value is -2.91. The maximum atomic E-state index is 13.5. The minimum atomic E-state index is -4.64. The third-order valence-electron chi connectivity index (χ3n) is 6.55. The number of nitrogens with zero attached hydrogens (tertiary/aromatic N) is 3. The first kappa shape index (κ1) is 25.2. The largest absolute Gasteiger partial charge is 0.444 e. The van der Waals surface area contributed by atoms with Crippen molar-refractivity contribution in [2.75, 3.05) is 32.7 Å². The van der Waals surface area contributed by atoms with E-state index < -0.39 is 35.2 Å². The highest BCUT2D eigenvalue weighted by molar-refractivity contribution is 6.46. The molecule has 0 bridgehead atoms. The first-order valence-corrected chi connectivity index (χ1v) is 11.7. The van der Waals surface area contributed by atoms with E-state index in [0.29, 0.717) is 63.8 Å². The van der Waals surface area contributed by atoms with E-state index in [2.05, 4.69) is 4.99 Å². The van der Waals surface area contributed by atoms with E-state index in [4.69, 9.17) is 4.74 Å². The lowest BCUT2D eigenvalue weighted by Gasteiger charge is -2.34. The van der Waals surface area contributed by atoms with Crippen molar-refractivity contribution in [1.82, 2.24) is 9.80 Å². The highest BCUT2D eigenvalue weighted by atomic mass is 19.4. The Morgan fingerprint density at radius 3 is 2.37 bits per heavy atom. The molecule has 10 heteroatoms. The van der Waals surface area contributed by atoms with Gasteiger partial charge < -0.3 is 14.5 Å². The summed E-state index contributed by atoms with van der Waals surface area (Å²) < 4.78 is 59.2. The van der Waals surface area contributed by atoms with Gasteiger partial charge in [0.25, 0.3) is 5.91 Å². The average molecular weight is 496 g/mol. The van der Waals surface area contributed by atoms with Gasteiger partial charge in [0, 0.05) is 26.2 Å². The molecule has 190 valence electrons. The summed E-state index contributed by atoms with van der Waals surface area (Å²) in [5.74, 6) is -1.56. The number of ether oxygens (including phenoxy) is 1. The molecular weight excluding hydrogens is 466 g/mol. The van der Waals surface area contributed by atoms with Crippen LogP contribution in [-0.4, -0.2) is 65.8 Å². The number of hydrogen-bond donors (Lipinski definition) is 0. The van der Waals surface area contributed by atoms with Crippen LogP contribution >= 0.6 is 0 Å². The Bertz CT molecular complexity index is 1080. The Kier molecular flexibility index (Phi) is 6.68. The second kappa shape index (κ2) is 9.28. The molecule has 2 amide bonds. The zero-order valence-corrected chi connectivity index (χ0v) is 20.0. The van der Waals surface area contributed by atoms with Crippen molar-refractivity contribution >= 4 is 17.7 Å². The molecule has 0 spiro atoms. The molecule has 6 nitrogen and oxygen atoms in total. The quantitative estimate of drug-likeness (QED) is 0.546. The summed E-state index contributed by atoms with van der Waals surface area (Å²) >= 11 is 0. The molecule has 3 aliphatic heterocycles. The minimum Gasteiger partial charge on any atom is -0.444 e. The third kappa shape index (κ3) is 5.51. The fraction of sp³-hybridized carbons (Fsp3) is 0.560. The fourth-order valence-corrected chi connectivity index (χ4v) is 4.88. The van der Waals surface area contributed by atoms with Crippen LogP contribution in [-0.2, 0) is 15.7 Å². The van der Waals surface area contributed by atoms with Crippen molar-refractivity contribution in [2.24, 2.45) is 4.99 Å². The summed E-state index contributed by atoms with van der Waals surface area (Å²) in [4.78, 5) is 33.3. The van der Waals surface area contributed by atoms with Crippen molar-refractivity contribution in [3.63, 3.8) is 0 Å². The molecular formula is C25H29F4N3O3. The second-order valence-electron chi connectivity index (χ2n) is 10.2. The summed E-state index contributed by atoms with van der Waals surface area (Å²) in [6.07, 6.45) is -3.83. The Balaban J connectivity index is 1.39. The van der Waals surface area contributed by atoms with Crippen LogP contribution in [0.25, 0.3) is 0 Å². The molecule has 0 radical (unpaired) electrons. The number of carbonyl (C=O) groups is 2. The van der Waals surface area contributed by atoms with Crippen LogP contribution in [0.4, 0.5) is 22.4 Å². The number of rotatable bonds is 2. The summed E-state index contributed by atoms with van der Waals surface area (Å²) in [6.45, 7) is 7.13. The van der Waals surface area contributed by atoms with Gasteiger partial charge in [-0.1, -0.05) is 6.07 Å². The van der Waals surface area contributed by atoms with Gasteiger partial charge in [0.05, 0.1) is 12.1 Å². The van der Waals surface area contributed by atoms with Crippen LogP contribution in [0, 0.1) is 5.82 Å². The van der Waals surface area contributed by atoms with E-state index in [1.807, 2.05) is 0 Å². The zero-order chi connectivity index (χ0) is 25.5. The van der Waals surface area contributed by atoms with Crippen molar-refractivity contribution in [1.29, 1.82) is 0 Å². The molecule has 3 aliphatic rings. The van der Waals surface area contributed by atoms with Gasteiger partial charge in [-0.05, 0) is 74.8 Å². The van der Waals surface area contributed by atoms with Crippen LogP contribution in [0.15, 0.2) is 34.3 Å². The highest BCUT2D eigenvalue weighted by Gasteiger charge is 2.38. The van der Waals surface area contributed by atoms with Gasteiger partial charge in [-0.3, -0.25) is 9.79 Å². The van der Waals surface area contributed by atoms with Crippen molar-refractivity contribution < 1.29 is 31.9 Å². The summed E-state index contributed by atoms with van der Waals surface area (Å²) in [5.41, 5.74) is 0.689. The predicted octanol–water partition coefficient (Wildman–Crippen LogP) is 4.94. The lowest BCUT2D eigenvalue weighted by Crippen LogP contribution is -2.44. The molecule has 1 fully saturated rings. The zero-order valence-electron chi connectivity index (χ0n) is 20.0. The molecule has 0 N–H and O–H groups in total. The van der Waals surface area contributed by atoms with Gasteiger partial charge in [-0.25, -0.2) is 9.18 Å². The SMILES string of the molecule is CC(C)(C)OC(=O)N1CCC2=C(CN=C2C(=O)N2CCC(c3ccc(F)cc3C(F)(F)F)CC2)C1. The van der Waals surface area contributed by atoms with Gasteiger partial charge in [0.2, 0.25) is 0 Å². The van der Waals surface area contributed by atoms with E-state index in [1.165, 1.54) is 6.07 Å². The molecule has 3 heterocycles. The fourth-order valence-electron chi connectivity index (χ4n) is 4.88. The third-order valence-corrected chi connectivity index (χ3v) is 6.55. The van der Waals surface area contributed by atoms with Crippen molar-refractivity contribution in [3.05, 3.63) is 46.3 Å². The van der Waals surface area contributed by atoms with Crippen LogP contribution in [0.5, 0.6) is 0 Å². The Morgan fingerprint density at radius 2 is 1.74 bits per heavy atom. The number of aliphatic imine (C=N–C) groups is 1. The number of hydrogen-bond acceptors (Lipinski definition) is 4. The number of piperidine rings is 1. The van der Waals surface area contributed by atoms with Gasteiger partial charge in [-0.15, -0.1) is 0 Å². The normalized spacial score (nSPS) is 19.6. The summed E-state index contributed by atoms with van der Waals surface area (Å²) in [5, 5.41) is 0. The van der Waals surface area contributed by atoms with Gasteiger partial charge >= 0.3 is 12.3 Å². The molecule has 0 unspecified atom stereocenters. The molecule has 1 saturated heterocycles. The van der Waals surface area contributed by atoms with E-state index >= 15 is 0 Å². The van der Waals surface area contributed by atoms with E-state index in [-0.39, 0.29) is 11.5 Å². The van der Waals surface area contributed by atoms with Gasteiger partial charge in [0.1, 0.15) is 17.1 Å². The molecule has 4 rings (SSSR count). The van der Waals surface area contributed by atoms with Gasteiger partial charge in [0.15, 0.2) is 0 Å². The Labute approximate surface area is 201 Å². The first-order chi connectivity index (χ1) is 16.3. The van der Waals surface area contributed by atoms with Crippen LogP contribution in [0.3, 0.4) is 0 Å². The number of halogens is 4. The molecule has 0 saturated carbocycles. The van der Waals surface area contributed by atoms with Crippen LogP contribution in [0.2, 0.25) is 0 Å². The highest BCUT2D eigenvalue weighted by Crippen LogP contribution is 2.39. The van der Waals surface area contributed by atoms with Crippen LogP contribution < -0.4 is 0 Å². The number of benzene rings is 1. The smallest absolute Gasteiger partial charge is 0.416 e. The lowest BCUT2D eigenvalue weighted by atomic mass is 9.86. The molecule has 1 aromatic rings. The number of alkyl halides is 3. The van der Waals surface area contributed by atoms with Crippen molar-refractivity contribution in [3.8, 4) is 0 Å². The van der Waals surface area contributed by atoms with E-state index in [9.17, 15) is 27.2 Å². The van der Waals surface area contributed by atoms with Crippen molar-refractivity contribution in [2.45, 2.75) is 57.7 Å². The van der Waals surface area contributed by atoms with E-state index in [0.717, 1.165) is 17.2 Å². The topological polar surface area (TPSA) is 62.2 Å². The molecule has 0 atom stereocenters. The molecule has 35 heavy (non-hydrogen) atoms. The maximum Gasteiger partial charge on any atom is 0.416 e. The first-order valence-electron chi connectivity index (χ1n) is 11.7. The Morgan fingerprint density at radius 1 is 1.06 bits per heavy atom. The van der Waals surface area contributed by atoms with Gasteiger partial charge in [-0.2, -0.15) is 13.2 Å². The molecule has 0 aromatic heterocycles. The maximum absolute atomic E-state index is 13.5. The number of likely N-dealkylation sites (tertiary alicyclic amines) is 1. The molecule has 1 aromatic carbocycles. The lowest BCUT2D eigenvalue weighted by molar-refractivity contribution is -0.139. The second-order valence-corrected chi connectivity index (χ2v) is 10.2.